The smallest absolute Gasteiger partial charge is 0.225 e. The van der Waals surface area contributed by atoms with Crippen molar-refractivity contribution in [1.82, 2.24) is 5.16 Å². The van der Waals surface area contributed by atoms with Crippen LogP contribution in [-0.2, 0) is 0 Å². The molecule has 1 aromatic rings. The molecular formula is C12H20N2O. The lowest BCUT2D eigenvalue weighted by Crippen LogP contribution is -2.26. The Labute approximate surface area is 91.0 Å². The maximum atomic E-state index is 5.71. The van der Waals surface area contributed by atoms with Crippen molar-refractivity contribution < 1.29 is 4.52 Å². The second-order valence-corrected chi connectivity index (χ2v) is 5.34. The summed E-state index contributed by atoms with van der Waals surface area (Å²) < 4.78 is 5.07. The Bertz CT molecular complexity index is 355. The fourth-order valence-corrected chi connectivity index (χ4v) is 2.69. The Balaban J connectivity index is 2.33. The van der Waals surface area contributed by atoms with Crippen LogP contribution in [0.3, 0.4) is 0 Å². The summed E-state index contributed by atoms with van der Waals surface area (Å²) in [6.45, 7) is 6.65. The average Bonchev–Trinajstić information content (AvgIpc) is 2.48. The van der Waals surface area contributed by atoms with Crippen LogP contribution in [0.25, 0.3) is 0 Å². The van der Waals surface area contributed by atoms with Crippen molar-refractivity contribution in [3.8, 4) is 0 Å². The second-order valence-electron chi connectivity index (χ2n) is 5.34. The molecule has 1 fully saturated rings. The van der Waals surface area contributed by atoms with Crippen LogP contribution >= 0.6 is 0 Å². The maximum Gasteiger partial charge on any atom is 0.225 e. The first-order valence-corrected chi connectivity index (χ1v) is 5.74. The zero-order valence-electron chi connectivity index (χ0n) is 9.84. The Kier molecular flexibility index (Phi) is 2.49. The van der Waals surface area contributed by atoms with Gasteiger partial charge in [-0.05, 0) is 25.2 Å². The Morgan fingerprint density at radius 1 is 1.40 bits per heavy atom. The van der Waals surface area contributed by atoms with Crippen LogP contribution in [-0.4, -0.2) is 5.16 Å². The molecule has 0 bridgehead atoms. The normalized spacial score (nSPS) is 25.4. The molecule has 0 spiro atoms. The van der Waals surface area contributed by atoms with Gasteiger partial charge >= 0.3 is 0 Å². The van der Waals surface area contributed by atoms with E-state index in [0.29, 0.717) is 17.2 Å². The number of anilines is 1. The van der Waals surface area contributed by atoms with E-state index in [0.717, 1.165) is 11.3 Å². The van der Waals surface area contributed by atoms with Crippen molar-refractivity contribution in [2.75, 3.05) is 5.73 Å². The number of hydrogen-bond acceptors (Lipinski definition) is 3. The summed E-state index contributed by atoms with van der Waals surface area (Å²) >= 11 is 0. The predicted octanol–water partition coefficient (Wildman–Crippen LogP) is 3.25. The van der Waals surface area contributed by atoms with E-state index < -0.39 is 0 Å². The number of nitrogens with zero attached hydrogens (tertiary/aromatic N) is 1. The number of nitrogens with two attached hydrogens (primary N) is 1. The van der Waals surface area contributed by atoms with Crippen molar-refractivity contribution in [3.63, 3.8) is 0 Å². The molecular weight excluding hydrogens is 188 g/mol. The largest absolute Gasteiger partial charge is 0.367 e. The predicted molar refractivity (Wildman–Crippen MR) is 60.6 cm³/mol. The maximum absolute atomic E-state index is 5.71. The third-order valence-corrected chi connectivity index (χ3v) is 3.83. The van der Waals surface area contributed by atoms with E-state index >= 15 is 0 Å². The van der Waals surface area contributed by atoms with Crippen LogP contribution in [0.1, 0.15) is 56.7 Å². The molecule has 3 heteroatoms. The summed E-state index contributed by atoms with van der Waals surface area (Å²) in [6, 6.07) is 0. The van der Waals surface area contributed by atoms with E-state index in [4.69, 9.17) is 10.3 Å². The lowest BCUT2D eigenvalue weighted by molar-refractivity contribution is 0.191. The summed E-state index contributed by atoms with van der Waals surface area (Å²) in [5, 5.41) is 4.13. The molecule has 84 valence electrons. The van der Waals surface area contributed by atoms with E-state index in [-0.39, 0.29) is 0 Å². The van der Waals surface area contributed by atoms with Gasteiger partial charge in [0.25, 0.3) is 0 Å². The number of rotatable bonds is 1. The second kappa shape index (κ2) is 3.54. The number of aromatic nitrogens is 1. The van der Waals surface area contributed by atoms with E-state index in [9.17, 15) is 0 Å². The highest BCUT2D eigenvalue weighted by Gasteiger charge is 2.36. The van der Waals surface area contributed by atoms with Crippen LogP contribution in [0.4, 0.5) is 5.88 Å². The third kappa shape index (κ3) is 1.75. The van der Waals surface area contributed by atoms with Gasteiger partial charge in [0.15, 0.2) is 0 Å². The van der Waals surface area contributed by atoms with Gasteiger partial charge in [-0.3, -0.25) is 0 Å². The van der Waals surface area contributed by atoms with Crippen LogP contribution < -0.4 is 5.73 Å². The first kappa shape index (κ1) is 10.5. The summed E-state index contributed by atoms with van der Waals surface area (Å²) in [5.41, 5.74) is 8.15. The molecule has 3 nitrogen and oxygen atoms in total. The third-order valence-electron chi connectivity index (χ3n) is 3.83. The molecule has 0 amide bonds. The van der Waals surface area contributed by atoms with Crippen molar-refractivity contribution in [2.45, 2.75) is 52.4 Å². The van der Waals surface area contributed by atoms with E-state index in [1.54, 1.807) is 0 Å². The lowest BCUT2D eigenvalue weighted by Gasteiger charge is -2.37. The molecule has 0 radical (unpaired) electrons. The minimum Gasteiger partial charge on any atom is -0.367 e. The first-order chi connectivity index (χ1) is 7.02. The van der Waals surface area contributed by atoms with Gasteiger partial charge in [-0.1, -0.05) is 31.8 Å². The molecule has 1 unspecified atom stereocenters. The lowest BCUT2D eigenvalue weighted by atomic mass is 9.67. The summed E-state index contributed by atoms with van der Waals surface area (Å²) in [6.07, 6.45) is 5.10. The van der Waals surface area contributed by atoms with E-state index in [1.807, 2.05) is 6.92 Å². The highest BCUT2D eigenvalue weighted by Crippen LogP contribution is 2.47. The topological polar surface area (TPSA) is 52.0 Å². The number of hydrogen-bond donors (Lipinski definition) is 1. The highest BCUT2D eigenvalue weighted by molar-refractivity contribution is 5.39. The zero-order valence-corrected chi connectivity index (χ0v) is 9.84. The Morgan fingerprint density at radius 3 is 2.67 bits per heavy atom. The van der Waals surface area contributed by atoms with Gasteiger partial charge in [-0.15, -0.1) is 0 Å². The molecule has 0 aliphatic heterocycles. The summed E-state index contributed by atoms with van der Waals surface area (Å²) in [7, 11) is 0. The zero-order chi connectivity index (χ0) is 11.1. The molecule has 1 aliphatic carbocycles. The van der Waals surface area contributed by atoms with Crippen molar-refractivity contribution in [3.05, 3.63) is 11.3 Å². The van der Waals surface area contributed by atoms with E-state index in [2.05, 4.69) is 19.0 Å². The molecule has 1 atom stereocenters. The summed E-state index contributed by atoms with van der Waals surface area (Å²) in [4.78, 5) is 0. The van der Waals surface area contributed by atoms with Crippen molar-refractivity contribution in [2.24, 2.45) is 5.41 Å². The van der Waals surface area contributed by atoms with Gasteiger partial charge in [0, 0.05) is 11.5 Å². The molecule has 0 saturated heterocycles. The molecule has 1 aliphatic rings. The van der Waals surface area contributed by atoms with Crippen LogP contribution in [0.15, 0.2) is 4.52 Å². The van der Waals surface area contributed by atoms with E-state index in [1.165, 1.54) is 25.7 Å². The first-order valence-electron chi connectivity index (χ1n) is 5.74. The Hall–Kier alpha value is -0.990. The monoisotopic (exact) mass is 208 g/mol. The molecule has 0 aromatic carbocycles. The summed E-state index contributed by atoms with van der Waals surface area (Å²) in [5.74, 6) is 0.985. The van der Waals surface area contributed by atoms with Crippen LogP contribution in [0.5, 0.6) is 0 Å². The molecule has 1 aromatic heterocycles. The van der Waals surface area contributed by atoms with Gasteiger partial charge in [0.1, 0.15) is 0 Å². The molecule has 2 N–H and O–H groups in total. The fraction of sp³-hybridized carbons (Fsp3) is 0.750. The van der Waals surface area contributed by atoms with Gasteiger partial charge < -0.3 is 10.3 Å². The van der Waals surface area contributed by atoms with Crippen LogP contribution in [0, 0.1) is 12.3 Å². The standard InChI is InChI=1S/C12H20N2O/c1-8-10(14-15-11(8)13)9-6-4-5-7-12(9,2)3/h9H,4-7,13H2,1-3H3. The Morgan fingerprint density at radius 2 is 2.13 bits per heavy atom. The van der Waals surface area contributed by atoms with Crippen LogP contribution in [0.2, 0.25) is 0 Å². The van der Waals surface area contributed by atoms with Gasteiger partial charge in [0.05, 0.1) is 5.69 Å². The molecule has 15 heavy (non-hydrogen) atoms. The highest BCUT2D eigenvalue weighted by atomic mass is 16.5. The van der Waals surface area contributed by atoms with Gasteiger partial charge in [-0.25, -0.2) is 0 Å². The SMILES string of the molecule is Cc1c(C2CCCCC2(C)C)noc1N. The van der Waals surface area contributed by atoms with Gasteiger partial charge in [0.2, 0.25) is 5.88 Å². The molecule has 2 rings (SSSR count). The van der Waals surface area contributed by atoms with Gasteiger partial charge in [-0.2, -0.15) is 0 Å². The van der Waals surface area contributed by atoms with Crippen molar-refractivity contribution in [1.29, 1.82) is 0 Å². The average molecular weight is 208 g/mol. The fourth-order valence-electron chi connectivity index (χ4n) is 2.69. The minimum absolute atomic E-state index is 0.326. The quantitative estimate of drug-likeness (QED) is 0.770. The molecule has 1 saturated carbocycles. The number of nitrogen functional groups attached to an aromatic ring is 1. The van der Waals surface area contributed by atoms with Crippen molar-refractivity contribution >= 4 is 5.88 Å². The molecule has 1 heterocycles. The minimum atomic E-state index is 0.326.